The van der Waals surface area contributed by atoms with Gasteiger partial charge in [-0.05, 0) is 63.8 Å². The molecule has 0 atom stereocenters. The molecule has 0 unspecified atom stereocenters. The minimum Gasteiger partial charge on any atom is -0.507 e. The van der Waals surface area contributed by atoms with Crippen LogP contribution in [0.25, 0.3) is 0 Å². The molecule has 0 radical (unpaired) electrons. The molecule has 0 fully saturated rings. The largest absolute Gasteiger partial charge is 0.507 e. The molecule has 4 N–H and O–H groups in total. The molecule has 5 rings (SSSR count). The van der Waals surface area contributed by atoms with Gasteiger partial charge in [0.1, 0.15) is 23.0 Å². The summed E-state index contributed by atoms with van der Waals surface area (Å²) in [6, 6.07) is 23.4. The molecule has 1 aliphatic rings. The van der Waals surface area contributed by atoms with E-state index < -0.39 is 0 Å². The van der Waals surface area contributed by atoms with Gasteiger partial charge < -0.3 is 35.3 Å². The number of fused-ring (bicyclic) bond motifs is 8. The Hall–Kier alpha value is -5.51. The second-order valence-corrected chi connectivity index (χ2v) is 14.3. The number of phenolic OH excluding ortho intramolecular Hbond substituents is 1. The number of carbonyl (C=O) groups excluding carboxylic acids is 3. The zero-order valence-corrected chi connectivity index (χ0v) is 33.1. The van der Waals surface area contributed by atoms with E-state index in [1.807, 2.05) is 72.8 Å². The Labute approximate surface area is 331 Å². The van der Waals surface area contributed by atoms with Crippen LogP contribution in [0.1, 0.15) is 104 Å². The van der Waals surface area contributed by atoms with Gasteiger partial charge in [-0.1, -0.05) is 113 Å². The van der Waals surface area contributed by atoms with Gasteiger partial charge >= 0.3 is 0 Å². The monoisotopic (exact) mass is 763 g/mol. The van der Waals surface area contributed by atoms with Crippen molar-refractivity contribution in [2.75, 3.05) is 39.5 Å². The van der Waals surface area contributed by atoms with E-state index in [2.05, 4.69) is 36.7 Å². The summed E-state index contributed by atoms with van der Waals surface area (Å²) >= 11 is 0. The number of aromatic hydroxyl groups is 1. The van der Waals surface area contributed by atoms with Crippen molar-refractivity contribution in [1.29, 1.82) is 0 Å². The molecule has 8 bridgehead atoms. The van der Waals surface area contributed by atoms with E-state index in [0.29, 0.717) is 73.7 Å². The number of rotatable bonds is 18. The third kappa shape index (κ3) is 11.7. The summed E-state index contributed by atoms with van der Waals surface area (Å²) in [6.45, 7) is 7.47. The number of ether oxygens (including phenoxy) is 3. The summed E-state index contributed by atoms with van der Waals surface area (Å²) in [5.74, 6) is 1.27. The molecule has 1 aliphatic carbocycles. The second-order valence-electron chi connectivity index (χ2n) is 14.3. The topological polar surface area (TPSA) is 135 Å². The smallest absolute Gasteiger partial charge is 0.257 e. The summed E-state index contributed by atoms with van der Waals surface area (Å²) in [4.78, 5) is 38.7. The zero-order valence-electron chi connectivity index (χ0n) is 33.1. The van der Waals surface area contributed by atoms with E-state index >= 15 is 0 Å². The van der Waals surface area contributed by atoms with Crippen molar-refractivity contribution in [3.63, 3.8) is 0 Å². The Morgan fingerprint density at radius 2 is 0.714 bits per heavy atom. The first-order valence-electron chi connectivity index (χ1n) is 20.1. The van der Waals surface area contributed by atoms with Crippen molar-refractivity contribution in [3.8, 4) is 23.0 Å². The molecular formula is C46H57N3O7. The van der Waals surface area contributed by atoms with Crippen LogP contribution in [0.5, 0.6) is 23.0 Å². The molecule has 0 spiro atoms. The maximum Gasteiger partial charge on any atom is 0.257 e. The van der Waals surface area contributed by atoms with Gasteiger partial charge in [0.15, 0.2) is 19.8 Å². The molecule has 0 saturated heterocycles. The lowest BCUT2D eigenvalue weighted by Crippen LogP contribution is -2.30. The highest BCUT2D eigenvalue weighted by atomic mass is 16.5. The van der Waals surface area contributed by atoms with Gasteiger partial charge in [-0.15, -0.1) is 0 Å². The van der Waals surface area contributed by atoms with E-state index in [1.54, 1.807) is 0 Å². The van der Waals surface area contributed by atoms with Gasteiger partial charge in [0.25, 0.3) is 17.7 Å². The number of carbonyl (C=O) groups is 3. The Morgan fingerprint density at radius 3 is 0.982 bits per heavy atom. The van der Waals surface area contributed by atoms with Crippen LogP contribution in [0.15, 0.2) is 72.8 Å². The van der Waals surface area contributed by atoms with Crippen molar-refractivity contribution in [1.82, 2.24) is 16.0 Å². The van der Waals surface area contributed by atoms with Gasteiger partial charge in [0.05, 0.1) is 0 Å². The molecule has 3 amide bonds. The lowest BCUT2D eigenvalue weighted by Gasteiger charge is -2.21. The Kier molecular flexibility index (Phi) is 16.0. The number of para-hydroxylation sites is 4. The van der Waals surface area contributed by atoms with Crippen molar-refractivity contribution >= 4 is 17.7 Å². The van der Waals surface area contributed by atoms with Gasteiger partial charge in [-0.3, -0.25) is 14.4 Å². The quantitative estimate of drug-likeness (QED) is 0.0710. The van der Waals surface area contributed by atoms with Crippen molar-refractivity contribution in [2.45, 2.75) is 85.0 Å². The Bertz CT molecular complexity index is 1820. The zero-order chi connectivity index (χ0) is 39.7. The van der Waals surface area contributed by atoms with Crippen LogP contribution in [-0.4, -0.2) is 62.3 Å². The first-order chi connectivity index (χ1) is 27.3. The van der Waals surface area contributed by atoms with E-state index in [0.717, 1.165) is 71.9 Å². The van der Waals surface area contributed by atoms with Crippen molar-refractivity contribution in [3.05, 3.63) is 117 Å². The van der Waals surface area contributed by atoms with Gasteiger partial charge in [-0.2, -0.15) is 0 Å². The highest BCUT2D eigenvalue weighted by molar-refractivity contribution is 5.78. The van der Waals surface area contributed by atoms with Gasteiger partial charge in [-0.25, -0.2) is 0 Å². The lowest BCUT2D eigenvalue weighted by molar-refractivity contribution is -0.123. The average molecular weight is 764 g/mol. The summed E-state index contributed by atoms with van der Waals surface area (Å²) in [7, 11) is 0. The number of amides is 3. The SMILES string of the molecule is CCCCNC(=O)COc1c2cccc1Cc1cccc(c1OCC(=O)NCCCC)Cc1cccc(c1OCC(=O)NCCCC)Cc1cccc(c1O)C2. The highest BCUT2D eigenvalue weighted by Crippen LogP contribution is 2.38. The van der Waals surface area contributed by atoms with Crippen molar-refractivity contribution < 1.29 is 33.7 Å². The van der Waals surface area contributed by atoms with Crippen molar-refractivity contribution in [2.24, 2.45) is 0 Å². The normalized spacial score (nSPS) is 12.0. The minimum absolute atomic E-state index is 0.158. The van der Waals surface area contributed by atoms with Crippen LogP contribution in [0, 0.1) is 0 Å². The number of nitrogens with one attached hydrogen (secondary N) is 3. The second kappa shape index (κ2) is 21.5. The number of benzene rings is 4. The molecule has 56 heavy (non-hydrogen) atoms. The first kappa shape index (κ1) is 41.6. The summed E-state index contributed by atoms with van der Waals surface area (Å²) in [5, 5.41) is 20.6. The number of hydrogen-bond acceptors (Lipinski definition) is 7. The first-order valence-corrected chi connectivity index (χ1v) is 20.1. The van der Waals surface area contributed by atoms with Crippen LogP contribution < -0.4 is 30.2 Å². The standard InChI is InChI=1S/C46H57N3O7/c1-4-7-22-47-40(50)29-54-44-34-16-11-18-36(44)27-38-20-13-21-39(46(38)56-31-42(52)49-24-9-6-3)28-37-19-12-17-35(26-33-15-10-14-32(25-34)43(33)53)45(37)55-30-41(51)48-23-8-5-2/h10-21,53H,4-9,22-31H2,1-3H3,(H,47,50)(H,48,51)(H,49,52). The van der Waals surface area contributed by atoms with E-state index in [-0.39, 0.29) is 43.3 Å². The van der Waals surface area contributed by atoms with Crippen LogP contribution >= 0.6 is 0 Å². The Morgan fingerprint density at radius 1 is 0.464 bits per heavy atom. The van der Waals surface area contributed by atoms with Gasteiger partial charge in [0, 0.05) is 45.3 Å². The fourth-order valence-electron chi connectivity index (χ4n) is 6.84. The van der Waals surface area contributed by atoms with E-state index in [4.69, 9.17) is 14.2 Å². The van der Waals surface area contributed by atoms with Crippen LogP contribution in [0.4, 0.5) is 0 Å². The predicted octanol–water partition coefficient (Wildman–Crippen LogP) is 6.95. The molecule has 0 heterocycles. The van der Waals surface area contributed by atoms with Gasteiger partial charge in [0.2, 0.25) is 0 Å². The summed E-state index contributed by atoms with van der Waals surface area (Å²) in [6.07, 6.45) is 7.00. The van der Waals surface area contributed by atoms with Crippen LogP contribution in [0.2, 0.25) is 0 Å². The lowest BCUT2D eigenvalue weighted by atomic mass is 9.91. The van der Waals surface area contributed by atoms with E-state index in [1.165, 1.54) is 0 Å². The minimum atomic E-state index is -0.206. The summed E-state index contributed by atoms with van der Waals surface area (Å²) < 4.78 is 19.2. The Balaban J connectivity index is 1.60. The third-order valence-electron chi connectivity index (χ3n) is 9.86. The molecule has 4 aromatic carbocycles. The third-order valence-corrected chi connectivity index (χ3v) is 9.86. The fraction of sp³-hybridized carbons (Fsp3) is 0.413. The average Bonchev–Trinajstić information content (AvgIpc) is 3.18. The maximum absolute atomic E-state index is 13.0. The molecule has 10 nitrogen and oxygen atoms in total. The maximum atomic E-state index is 13.0. The predicted molar refractivity (Wildman–Crippen MR) is 219 cm³/mol. The molecule has 0 saturated carbocycles. The molecule has 0 aromatic heterocycles. The number of unbranched alkanes of at least 4 members (excludes halogenated alkanes) is 3. The summed E-state index contributed by atoms with van der Waals surface area (Å²) in [5.41, 5.74) is 6.39. The number of phenols is 1. The highest BCUT2D eigenvalue weighted by Gasteiger charge is 2.22. The van der Waals surface area contributed by atoms with Crippen LogP contribution in [0.3, 0.4) is 0 Å². The van der Waals surface area contributed by atoms with Crippen LogP contribution in [-0.2, 0) is 40.1 Å². The fourth-order valence-corrected chi connectivity index (χ4v) is 6.84. The molecule has 4 aromatic rings. The molecule has 298 valence electrons. The molecule has 0 aliphatic heterocycles. The van der Waals surface area contributed by atoms with E-state index in [9.17, 15) is 19.5 Å². The molecule has 10 heteroatoms. The molecular weight excluding hydrogens is 707 g/mol. The number of hydrogen-bond donors (Lipinski definition) is 4.